The van der Waals surface area contributed by atoms with Crippen LogP contribution in [0.5, 0.6) is 17.2 Å². The number of anilines is 1. The molecule has 1 saturated heterocycles. The standard InChI is InChI=1S/C29H41Cl2N3O4.HI/c1-7-34(12-10-20(11-13-34)14-21-8-9-23(30)24(31)15-21)18-25(19(2)3)33-29(35)32-22-16-26(36-4)28(38-6)27(17-22)37-5;/h8-9,15-17,19-20,25H,7,10-14,18H2,1-6H3,(H-,32,33,35);1H/t20?,25-,34?;/m1./s1. The van der Waals surface area contributed by atoms with Crippen LogP contribution in [0.4, 0.5) is 10.5 Å². The maximum atomic E-state index is 13.1. The molecule has 3 rings (SSSR count). The van der Waals surface area contributed by atoms with Crippen molar-refractivity contribution >= 4 is 34.9 Å². The minimum Gasteiger partial charge on any atom is -1.00 e. The highest BCUT2D eigenvalue weighted by Crippen LogP contribution is 2.40. The van der Waals surface area contributed by atoms with Gasteiger partial charge in [-0.3, -0.25) is 0 Å². The smallest absolute Gasteiger partial charge is 0.319 e. The van der Waals surface area contributed by atoms with Crippen molar-refractivity contribution in [3.8, 4) is 17.2 Å². The van der Waals surface area contributed by atoms with Crippen LogP contribution in [-0.4, -0.2) is 64.1 Å². The number of ether oxygens (including phenoxy) is 3. The van der Waals surface area contributed by atoms with E-state index < -0.39 is 0 Å². The second-order valence-electron chi connectivity index (χ2n) is 10.5. The third-order valence-electron chi connectivity index (χ3n) is 7.83. The van der Waals surface area contributed by atoms with Crippen molar-refractivity contribution < 1.29 is 47.5 Å². The summed E-state index contributed by atoms with van der Waals surface area (Å²) >= 11 is 12.3. The van der Waals surface area contributed by atoms with Gasteiger partial charge in [-0.05, 0) is 55.7 Å². The number of carbonyl (C=O) groups excluding carboxylic acids is 1. The highest BCUT2D eigenvalue weighted by Gasteiger charge is 2.36. The molecule has 10 heteroatoms. The van der Waals surface area contributed by atoms with Gasteiger partial charge in [-0.15, -0.1) is 0 Å². The maximum Gasteiger partial charge on any atom is 0.319 e. The number of piperidine rings is 1. The zero-order valence-electron chi connectivity index (χ0n) is 23.8. The number of carbonyl (C=O) groups is 1. The second kappa shape index (κ2) is 15.4. The van der Waals surface area contributed by atoms with Crippen LogP contribution >= 0.6 is 23.2 Å². The highest BCUT2D eigenvalue weighted by molar-refractivity contribution is 6.42. The van der Waals surface area contributed by atoms with E-state index in [-0.39, 0.29) is 42.0 Å². The molecular weight excluding hydrogens is 652 g/mol. The number of benzene rings is 2. The molecule has 2 amide bonds. The molecule has 0 saturated carbocycles. The zero-order chi connectivity index (χ0) is 27.9. The number of hydrogen-bond donors (Lipinski definition) is 2. The van der Waals surface area contributed by atoms with Crippen LogP contribution in [-0.2, 0) is 6.42 Å². The number of hydrogen-bond acceptors (Lipinski definition) is 4. The van der Waals surface area contributed by atoms with Gasteiger partial charge in [0.1, 0.15) is 0 Å². The Morgan fingerprint density at radius 1 is 1.00 bits per heavy atom. The van der Waals surface area contributed by atoms with Crippen molar-refractivity contribution in [1.29, 1.82) is 0 Å². The molecule has 1 fully saturated rings. The first-order valence-corrected chi connectivity index (χ1v) is 14.1. The molecule has 1 heterocycles. The van der Waals surface area contributed by atoms with Crippen molar-refractivity contribution in [2.24, 2.45) is 11.8 Å². The topological polar surface area (TPSA) is 68.8 Å². The lowest BCUT2D eigenvalue weighted by atomic mass is 9.88. The Labute approximate surface area is 260 Å². The summed E-state index contributed by atoms with van der Waals surface area (Å²) in [6.45, 7) is 10.7. The largest absolute Gasteiger partial charge is 1.00 e. The van der Waals surface area contributed by atoms with Gasteiger partial charge < -0.3 is 53.3 Å². The van der Waals surface area contributed by atoms with E-state index in [1.54, 1.807) is 33.5 Å². The average molecular weight is 694 g/mol. The Balaban J connectivity index is 0.00000533. The van der Waals surface area contributed by atoms with E-state index in [2.05, 4.69) is 37.5 Å². The van der Waals surface area contributed by atoms with Gasteiger partial charge in [0.15, 0.2) is 11.5 Å². The van der Waals surface area contributed by atoms with E-state index in [0.717, 1.165) is 49.9 Å². The molecule has 0 unspecified atom stereocenters. The minimum absolute atomic E-state index is 0. The van der Waals surface area contributed by atoms with Gasteiger partial charge in [0, 0.05) is 12.1 Å². The van der Waals surface area contributed by atoms with Crippen LogP contribution in [0.2, 0.25) is 10.0 Å². The Hall–Kier alpha value is -1.62. The third kappa shape index (κ3) is 8.93. The first-order chi connectivity index (χ1) is 18.1. The van der Waals surface area contributed by atoms with Crippen molar-refractivity contribution in [3.63, 3.8) is 0 Å². The number of amides is 2. The fourth-order valence-electron chi connectivity index (χ4n) is 5.33. The lowest BCUT2D eigenvalue weighted by Crippen LogP contribution is -3.00. The van der Waals surface area contributed by atoms with Crippen molar-refractivity contribution in [2.75, 3.05) is 52.8 Å². The van der Waals surface area contributed by atoms with Gasteiger partial charge in [-0.25, -0.2) is 4.79 Å². The number of quaternary nitrogens is 1. The molecule has 0 aliphatic carbocycles. The van der Waals surface area contributed by atoms with Crippen LogP contribution in [0, 0.1) is 11.8 Å². The third-order valence-corrected chi connectivity index (χ3v) is 8.57. The number of rotatable bonds is 11. The first kappa shape index (κ1) is 33.6. The van der Waals surface area contributed by atoms with Gasteiger partial charge in [0.25, 0.3) is 0 Å². The van der Waals surface area contributed by atoms with E-state index >= 15 is 0 Å². The molecule has 2 aromatic rings. The van der Waals surface area contributed by atoms with Crippen LogP contribution in [0.1, 0.15) is 39.2 Å². The van der Waals surface area contributed by atoms with Crippen LogP contribution < -0.4 is 48.8 Å². The van der Waals surface area contributed by atoms with Crippen molar-refractivity contribution in [3.05, 3.63) is 45.9 Å². The van der Waals surface area contributed by atoms with Gasteiger partial charge in [-0.1, -0.05) is 43.1 Å². The molecule has 2 N–H and O–H groups in total. The number of halogens is 3. The highest BCUT2D eigenvalue weighted by atomic mass is 127. The predicted octanol–water partition coefficient (Wildman–Crippen LogP) is 3.66. The average Bonchev–Trinajstić information content (AvgIpc) is 2.90. The maximum absolute atomic E-state index is 13.1. The molecule has 0 bridgehead atoms. The summed E-state index contributed by atoms with van der Waals surface area (Å²) in [7, 11) is 4.66. The summed E-state index contributed by atoms with van der Waals surface area (Å²) in [6, 6.07) is 9.19. The summed E-state index contributed by atoms with van der Waals surface area (Å²) < 4.78 is 17.2. The molecular formula is C29H42Cl2IN3O4. The zero-order valence-corrected chi connectivity index (χ0v) is 27.5. The number of nitrogens with zero attached hydrogens (tertiary/aromatic N) is 1. The van der Waals surface area contributed by atoms with E-state index in [0.29, 0.717) is 38.9 Å². The number of likely N-dealkylation sites (tertiary alicyclic amines) is 1. The van der Waals surface area contributed by atoms with Gasteiger partial charge >= 0.3 is 6.03 Å². The lowest BCUT2D eigenvalue weighted by molar-refractivity contribution is -0.933. The number of methoxy groups -OCH3 is 3. The SMILES string of the molecule is CC[N+]1(C[C@@H](NC(=O)Nc2cc(OC)c(OC)c(OC)c2)C(C)C)CCC(Cc2ccc(Cl)c(Cl)c2)CC1.[I-]. The van der Waals surface area contributed by atoms with E-state index in [9.17, 15) is 4.79 Å². The molecule has 0 radical (unpaired) electrons. The molecule has 0 aromatic heterocycles. The summed E-state index contributed by atoms with van der Waals surface area (Å²) in [4.78, 5) is 13.1. The minimum atomic E-state index is -0.248. The number of urea groups is 1. The Morgan fingerprint density at radius 2 is 1.62 bits per heavy atom. The van der Waals surface area contributed by atoms with Crippen LogP contribution in [0.3, 0.4) is 0 Å². The van der Waals surface area contributed by atoms with Crippen LogP contribution in [0.25, 0.3) is 0 Å². The first-order valence-electron chi connectivity index (χ1n) is 13.3. The fraction of sp³-hybridized carbons (Fsp3) is 0.552. The summed E-state index contributed by atoms with van der Waals surface area (Å²) in [5, 5.41) is 7.40. The number of likely N-dealkylation sites (N-methyl/N-ethyl adjacent to an activating group) is 1. The van der Waals surface area contributed by atoms with E-state index in [1.165, 1.54) is 5.56 Å². The summed E-state index contributed by atoms with van der Waals surface area (Å²) in [6.07, 6.45) is 3.32. The fourth-order valence-corrected chi connectivity index (χ4v) is 5.65. The Kier molecular flexibility index (Phi) is 13.3. The van der Waals surface area contributed by atoms with Gasteiger partial charge in [0.2, 0.25) is 5.75 Å². The van der Waals surface area contributed by atoms with Gasteiger partial charge in [0.05, 0.1) is 69.3 Å². The quantitative estimate of drug-likeness (QED) is 0.279. The monoisotopic (exact) mass is 693 g/mol. The van der Waals surface area contributed by atoms with E-state index in [4.69, 9.17) is 37.4 Å². The second-order valence-corrected chi connectivity index (χ2v) is 11.4. The van der Waals surface area contributed by atoms with Gasteiger partial charge in [-0.2, -0.15) is 0 Å². The van der Waals surface area contributed by atoms with Crippen molar-refractivity contribution in [2.45, 2.75) is 46.1 Å². The van der Waals surface area contributed by atoms with E-state index in [1.807, 2.05) is 12.1 Å². The molecule has 39 heavy (non-hydrogen) atoms. The Bertz CT molecular complexity index is 1070. The molecule has 0 spiro atoms. The number of nitrogens with one attached hydrogen (secondary N) is 2. The van der Waals surface area contributed by atoms with Crippen molar-refractivity contribution in [1.82, 2.24) is 5.32 Å². The molecule has 7 nitrogen and oxygen atoms in total. The Morgan fingerprint density at radius 3 is 2.10 bits per heavy atom. The molecule has 2 aromatic carbocycles. The predicted molar refractivity (Wildman–Crippen MR) is 155 cm³/mol. The normalized spacial score (nSPS) is 19.6. The lowest BCUT2D eigenvalue weighted by Gasteiger charge is -2.45. The molecule has 1 aliphatic heterocycles. The molecule has 1 aliphatic rings. The summed E-state index contributed by atoms with van der Waals surface area (Å²) in [5.74, 6) is 2.37. The molecule has 218 valence electrons. The molecule has 1 atom stereocenters. The summed E-state index contributed by atoms with van der Waals surface area (Å²) in [5.41, 5.74) is 1.81. The van der Waals surface area contributed by atoms with Crippen LogP contribution in [0.15, 0.2) is 30.3 Å².